The fourth-order valence-corrected chi connectivity index (χ4v) is 2.47. The molecule has 0 saturated carbocycles. The lowest BCUT2D eigenvalue weighted by atomic mass is 9.98. The van der Waals surface area contributed by atoms with Gasteiger partial charge in [0.1, 0.15) is 0 Å². The second-order valence-corrected chi connectivity index (χ2v) is 5.06. The monoisotopic (exact) mass is 272 g/mol. The Morgan fingerprint density at radius 1 is 1.37 bits per heavy atom. The zero-order chi connectivity index (χ0) is 14.3. The van der Waals surface area contributed by atoms with Gasteiger partial charge in [-0.2, -0.15) is 0 Å². The Kier molecular flexibility index (Phi) is 6.62. The van der Waals surface area contributed by atoms with Crippen molar-refractivity contribution in [3.8, 4) is 0 Å². The van der Waals surface area contributed by atoms with Gasteiger partial charge in [-0.1, -0.05) is 0 Å². The SMILES string of the molecule is CN(CCCO)C(=O)N1CCCCC1CCC(=O)O. The van der Waals surface area contributed by atoms with Crippen molar-refractivity contribution in [2.24, 2.45) is 0 Å². The van der Waals surface area contributed by atoms with Gasteiger partial charge in [-0.15, -0.1) is 0 Å². The molecule has 2 N–H and O–H groups in total. The quantitative estimate of drug-likeness (QED) is 0.759. The van der Waals surface area contributed by atoms with Gasteiger partial charge in [-0.05, 0) is 32.1 Å². The molecule has 2 amide bonds. The zero-order valence-electron chi connectivity index (χ0n) is 11.5. The molecule has 110 valence electrons. The van der Waals surface area contributed by atoms with Crippen LogP contribution in [0.5, 0.6) is 0 Å². The third-order valence-corrected chi connectivity index (χ3v) is 3.54. The van der Waals surface area contributed by atoms with Crippen LogP contribution in [0.15, 0.2) is 0 Å². The predicted molar refractivity (Wildman–Crippen MR) is 70.9 cm³/mol. The highest BCUT2D eigenvalue weighted by molar-refractivity contribution is 5.74. The summed E-state index contributed by atoms with van der Waals surface area (Å²) in [6.07, 6.45) is 4.10. The number of hydrogen-bond donors (Lipinski definition) is 2. The fourth-order valence-electron chi connectivity index (χ4n) is 2.47. The van der Waals surface area contributed by atoms with Gasteiger partial charge in [-0.25, -0.2) is 4.79 Å². The maximum atomic E-state index is 12.3. The summed E-state index contributed by atoms with van der Waals surface area (Å²) in [5.41, 5.74) is 0. The number of hydrogen-bond acceptors (Lipinski definition) is 3. The van der Waals surface area contributed by atoms with E-state index in [-0.39, 0.29) is 25.1 Å². The number of aliphatic hydroxyl groups excluding tert-OH is 1. The van der Waals surface area contributed by atoms with Crippen molar-refractivity contribution in [2.75, 3.05) is 26.7 Å². The number of likely N-dealkylation sites (tertiary alicyclic amines) is 1. The molecule has 6 heteroatoms. The molecule has 1 fully saturated rings. The normalized spacial score (nSPS) is 19.3. The van der Waals surface area contributed by atoms with Crippen LogP contribution in [0.2, 0.25) is 0 Å². The van der Waals surface area contributed by atoms with Crippen molar-refractivity contribution < 1.29 is 19.8 Å². The van der Waals surface area contributed by atoms with E-state index in [9.17, 15) is 9.59 Å². The first-order valence-electron chi connectivity index (χ1n) is 6.90. The third-order valence-electron chi connectivity index (χ3n) is 3.54. The molecule has 0 aromatic carbocycles. The second-order valence-electron chi connectivity index (χ2n) is 5.06. The number of carbonyl (C=O) groups is 2. The number of aliphatic hydroxyl groups is 1. The summed E-state index contributed by atoms with van der Waals surface area (Å²) in [4.78, 5) is 26.3. The van der Waals surface area contributed by atoms with Gasteiger partial charge in [0, 0.05) is 39.2 Å². The summed E-state index contributed by atoms with van der Waals surface area (Å²) < 4.78 is 0. The number of carboxylic acid groups (broad SMARTS) is 1. The molecular weight excluding hydrogens is 248 g/mol. The molecule has 19 heavy (non-hydrogen) atoms. The summed E-state index contributed by atoms with van der Waals surface area (Å²) in [6, 6.07) is -0.0162. The number of amides is 2. The lowest BCUT2D eigenvalue weighted by Gasteiger charge is -2.38. The Labute approximate surface area is 114 Å². The Hall–Kier alpha value is -1.30. The van der Waals surface area contributed by atoms with Crippen molar-refractivity contribution in [1.29, 1.82) is 0 Å². The van der Waals surface area contributed by atoms with Crippen LogP contribution in [0.4, 0.5) is 4.79 Å². The molecule has 1 atom stereocenters. The van der Waals surface area contributed by atoms with E-state index < -0.39 is 5.97 Å². The van der Waals surface area contributed by atoms with Crippen molar-refractivity contribution in [3.05, 3.63) is 0 Å². The van der Waals surface area contributed by atoms with Crippen LogP contribution < -0.4 is 0 Å². The number of piperidine rings is 1. The molecule has 0 bridgehead atoms. The standard InChI is InChI=1S/C13H24N2O4/c1-14(8-4-10-16)13(19)15-9-3-2-5-11(15)6-7-12(17)18/h11,16H,2-10H2,1H3,(H,17,18). The van der Waals surface area contributed by atoms with Gasteiger partial charge in [0.15, 0.2) is 0 Å². The van der Waals surface area contributed by atoms with Crippen molar-refractivity contribution in [3.63, 3.8) is 0 Å². The average molecular weight is 272 g/mol. The molecule has 0 aromatic rings. The van der Waals surface area contributed by atoms with Gasteiger partial charge in [0.25, 0.3) is 0 Å². The molecule has 6 nitrogen and oxygen atoms in total. The highest BCUT2D eigenvalue weighted by atomic mass is 16.4. The van der Waals surface area contributed by atoms with E-state index >= 15 is 0 Å². The molecule has 0 aromatic heterocycles. The smallest absolute Gasteiger partial charge is 0.319 e. The van der Waals surface area contributed by atoms with Crippen LogP contribution in [0.3, 0.4) is 0 Å². The van der Waals surface area contributed by atoms with Gasteiger partial charge in [-0.3, -0.25) is 4.79 Å². The van der Waals surface area contributed by atoms with Crippen LogP contribution in [0.1, 0.15) is 38.5 Å². The first kappa shape index (κ1) is 15.8. The predicted octanol–water partition coefficient (Wildman–Crippen LogP) is 1.14. The van der Waals surface area contributed by atoms with E-state index in [2.05, 4.69) is 0 Å². The average Bonchev–Trinajstić information content (AvgIpc) is 2.42. The fraction of sp³-hybridized carbons (Fsp3) is 0.846. The number of nitrogens with zero attached hydrogens (tertiary/aromatic N) is 2. The zero-order valence-corrected chi connectivity index (χ0v) is 11.5. The van der Waals surface area contributed by atoms with E-state index in [0.29, 0.717) is 25.9 Å². The van der Waals surface area contributed by atoms with E-state index in [1.807, 2.05) is 0 Å². The number of carbonyl (C=O) groups excluding carboxylic acids is 1. The van der Waals surface area contributed by atoms with Crippen molar-refractivity contribution in [1.82, 2.24) is 9.80 Å². The van der Waals surface area contributed by atoms with Crippen molar-refractivity contribution in [2.45, 2.75) is 44.6 Å². The summed E-state index contributed by atoms with van der Waals surface area (Å²) in [7, 11) is 1.72. The van der Waals surface area contributed by atoms with Crippen LogP contribution in [-0.2, 0) is 4.79 Å². The van der Waals surface area contributed by atoms with Crippen LogP contribution in [0, 0.1) is 0 Å². The minimum Gasteiger partial charge on any atom is -0.481 e. The van der Waals surface area contributed by atoms with Crippen LogP contribution in [-0.4, -0.2) is 64.8 Å². The van der Waals surface area contributed by atoms with E-state index in [1.165, 1.54) is 0 Å². The van der Waals surface area contributed by atoms with Gasteiger partial charge in [0.2, 0.25) is 0 Å². The van der Waals surface area contributed by atoms with Crippen LogP contribution in [0.25, 0.3) is 0 Å². The Bertz CT molecular complexity index is 309. The molecule has 1 unspecified atom stereocenters. The number of carboxylic acids is 1. The maximum Gasteiger partial charge on any atom is 0.319 e. The number of aliphatic carboxylic acids is 1. The lowest BCUT2D eigenvalue weighted by Crippen LogP contribution is -2.49. The Balaban J connectivity index is 2.54. The molecule has 1 aliphatic heterocycles. The molecule has 1 rings (SSSR count). The third kappa shape index (κ3) is 5.06. The second kappa shape index (κ2) is 7.99. The minimum atomic E-state index is -0.813. The highest BCUT2D eigenvalue weighted by Crippen LogP contribution is 2.22. The number of rotatable bonds is 6. The van der Waals surface area contributed by atoms with Gasteiger partial charge >= 0.3 is 12.0 Å². The molecule has 1 heterocycles. The van der Waals surface area contributed by atoms with Crippen LogP contribution >= 0.6 is 0 Å². The largest absolute Gasteiger partial charge is 0.481 e. The van der Waals surface area contributed by atoms with E-state index in [4.69, 9.17) is 10.2 Å². The molecule has 0 spiro atoms. The summed E-state index contributed by atoms with van der Waals surface area (Å²) in [5, 5.41) is 17.5. The first-order valence-corrected chi connectivity index (χ1v) is 6.90. The van der Waals surface area contributed by atoms with E-state index in [0.717, 1.165) is 19.3 Å². The van der Waals surface area contributed by atoms with E-state index in [1.54, 1.807) is 16.8 Å². The number of urea groups is 1. The highest BCUT2D eigenvalue weighted by Gasteiger charge is 2.28. The van der Waals surface area contributed by atoms with Crippen molar-refractivity contribution >= 4 is 12.0 Å². The lowest BCUT2D eigenvalue weighted by molar-refractivity contribution is -0.137. The van der Waals surface area contributed by atoms with Gasteiger partial charge < -0.3 is 20.0 Å². The Morgan fingerprint density at radius 3 is 2.74 bits per heavy atom. The summed E-state index contributed by atoms with van der Waals surface area (Å²) in [5.74, 6) is -0.813. The Morgan fingerprint density at radius 2 is 2.11 bits per heavy atom. The summed E-state index contributed by atoms with van der Waals surface area (Å²) in [6.45, 7) is 1.30. The molecule has 1 saturated heterocycles. The minimum absolute atomic E-state index is 0.0360. The molecule has 0 radical (unpaired) electrons. The molecular formula is C13H24N2O4. The molecule has 1 aliphatic rings. The topological polar surface area (TPSA) is 81.1 Å². The summed E-state index contributed by atoms with van der Waals surface area (Å²) >= 11 is 0. The molecule has 0 aliphatic carbocycles. The maximum absolute atomic E-state index is 12.3. The van der Waals surface area contributed by atoms with Gasteiger partial charge in [0.05, 0.1) is 0 Å². The first-order chi connectivity index (χ1) is 9.06.